The summed E-state index contributed by atoms with van der Waals surface area (Å²) in [5.41, 5.74) is -0.238. The molecule has 2 amide bonds. The Bertz CT molecular complexity index is 1050. The third kappa shape index (κ3) is 5.48. The summed E-state index contributed by atoms with van der Waals surface area (Å²) in [5.74, 6) is -1.53. The van der Waals surface area contributed by atoms with E-state index in [2.05, 4.69) is 10.3 Å². The highest BCUT2D eigenvalue weighted by atomic mass is 32.2. The smallest absolute Gasteiger partial charge is 0.410 e. The maximum Gasteiger partial charge on any atom is 0.410 e. The normalized spacial score (nSPS) is 23.5. The number of amides is 2. The summed E-state index contributed by atoms with van der Waals surface area (Å²) in [5, 5.41) is 3.23. The Morgan fingerprint density at radius 3 is 2.61 bits per heavy atom. The minimum Gasteiger partial charge on any atom is -0.444 e. The zero-order valence-electron chi connectivity index (χ0n) is 19.0. The van der Waals surface area contributed by atoms with Gasteiger partial charge in [0, 0.05) is 23.7 Å². The number of thiophene rings is 1. The predicted molar refractivity (Wildman–Crippen MR) is 127 cm³/mol. The van der Waals surface area contributed by atoms with Gasteiger partial charge in [-0.25, -0.2) is 13.6 Å². The molecule has 1 aliphatic carbocycles. The van der Waals surface area contributed by atoms with Gasteiger partial charge >= 0.3 is 6.09 Å². The first-order valence-corrected chi connectivity index (χ1v) is 12.6. The van der Waals surface area contributed by atoms with E-state index in [4.69, 9.17) is 4.74 Å². The van der Waals surface area contributed by atoms with Crippen LogP contribution in [0.5, 0.6) is 0 Å². The molecule has 2 atom stereocenters. The summed E-state index contributed by atoms with van der Waals surface area (Å²) in [6, 6.07) is 0.853. The van der Waals surface area contributed by atoms with Crippen molar-refractivity contribution in [3.05, 3.63) is 45.3 Å². The maximum atomic E-state index is 14.6. The van der Waals surface area contributed by atoms with E-state index in [0.29, 0.717) is 31.6 Å². The number of allylic oxidation sites excluding steroid dienone is 1. The molecule has 1 aromatic rings. The van der Waals surface area contributed by atoms with Crippen LogP contribution < -0.4 is 5.32 Å². The molecule has 10 heteroatoms. The largest absolute Gasteiger partial charge is 0.444 e. The number of carbonyl (C=O) groups excluding carboxylic acids is 2. The van der Waals surface area contributed by atoms with Crippen LogP contribution in [0.25, 0.3) is 0 Å². The first-order valence-electron chi connectivity index (χ1n) is 10.9. The van der Waals surface area contributed by atoms with E-state index in [1.54, 1.807) is 11.0 Å². The predicted octanol–water partition coefficient (Wildman–Crippen LogP) is 5.38. The molecule has 3 heterocycles. The molecule has 0 bridgehead atoms. The molecule has 4 rings (SSSR count). The number of hydrogen-bond acceptors (Lipinski definition) is 6. The molecular formula is C23H27F2N3O3S2. The second-order valence-corrected chi connectivity index (χ2v) is 11.8. The summed E-state index contributed by atoms with van der Waals surface area (Å²) < 4.78 is 34.4. The molecule has 1 fully saturated rings. The second kappa shape index (κ2) is 9.21. The SMILES string of the molecule is CC1=NC2C(F)=CC(NC(=O)c3sc(C4CCN(C(=O)OC(C)(C)C)CC4)cc3F)=CC2S1. The van der Waals surface area contributed by atoms with E-state index >= 15 is 0 Å². The lowest BCUT2D eigenvalue weighted by Gasteiger charge is -2.33. The van der Waals surface area contributed by atoms with Crippen LogP contribution >= 0.6 is 23.1 Å². The number of hydrogen-bond donors (Lipinski definition) is 1. The van der Waals surface area contributed by atoms with Gasteiger partial charge < -0.3 is 15.0 Å². The molecule has 1 aromatic heterocycles. The van der Waals surface area contributed by atoms with E-state index < -0.39 is 29.2 Å². The van der Waals surface area contributed by atoms with Crippen molar-refractivity contribution in [2.24, 2.45) is 4.99 Å². The van der Waals surface area contributed by atoms with Crippen molar-refractivity contribution >= 4 is 40.1 Å². The number of nitrogens with one attached hydrogen (secondary N) is 1. The highest BCUT2D eigenvalue weighted by Crippen LogP contribution is 2.37. The summed E-state index contributed by atoms with van der Waals surface area (Å²) in [6.07, 6.45) is 4.00. The van der Waals surface area contributed by atoms with E-state index in [1.807, 2.05) is 27.7 Å². The number of piperidine rings is 1. The van der Waals surface area contributed by atoms with E-state index in [0.717, 1.165) is 21.3 Å². The zero-order valence-corrected chi connectivity index (χ0v) is 20.6. The number of likely N-dealkylation sites (tertiary alicyclic amines) is 1. The van der Waals surface area contributed by atoms with Crippen molar-refractivity contribution in [2.75, 3.05) is 13.1 Å². The lowest BCUT2D eigenvalue weighted by atomic mass is 9.95. The average Bonchev–Trinajstić information content (AvgIpc) is 3.29. The molecule has 33 heavy (non-hydrogen) atoms. The molecule has 2 unspecified atom stereocenters. The van der Waals surface area contributed by atoms with Crippen LogP contribution in [0.2, 0.25) is 0 Å². The number of aliphatic imine (C=N–C) groups is 1. The van der Waals surface area contributed by atoms with Crippen molar-refractivity contribution < 1.29 is 23.1 Å². The molecule has 0 radical (unpaired) electrons. The number of nitrogens with zero attached hydrogens (tertiary/aromatic N) is 2. The highest BCUT2D eigenvalue weighted by molar-refractivity contribution is 8.14. The number of carbonyl (C=O) groups is 2. The topological polar surface area (TPSA) is 71.0 Å². The Morgan fingerprint density at radius 1 is 1.24 bits per heavy atom. The Balaban J connectivity index is 1.38. The van der Waals surface area contributed by atoms with Gasteiger partial charge in [0.05, 0.1) is 10.3 Å². The Hall–Kier alpha value is -2.20. The van der Waals surface area contributed by atoms with Crippen LogP contribution in [-0.4, -0.2) is 51.9 Å². The molecule has 0 aromatic carbocycles. The monoisotopic (exact) mass is 495 g/mol. The van der Waals surface area contributed by atoms with Gasteiger partial charge in [-0.3, -0.25) is 9.79 Å². The number of halogens is 2. The molecule has 6 nitrogen and oxygen atoms in total. The van der Waals surface area contributed by atoms with Gasteiger partial charge in [-0.2, -0.15) is 0 Å². The van der Waals surface area contributed by atoms with Crippen molar-refractivity contribution in [3.63, 3.8) is 0 Å². The van der Waals surface area contributed by atoms with Gasteiger partial charge in [-0.15, -0.1) is 23.1 Å². The van der Waals surface area contributed by atoms with Crippen molar-refractivity contribution in [1.82, 2.24) is 10.2 Å². The number of thioether (sulfide) groups is 1. The van der Waals surface area contributed by atoms with Crippen molar-refractivity contribution in [2.45, 2.75) is 63.3 Å². The van der Waals surface area contributed by atoms with E-state index in [1.165, 1.54) is 23.9 Å². The van der Waals surface area contributed by atoms with Crippen LogP contribution in [0.1, 0.15) is 61.0 Å². The third-order valence-corrected chi connectivity index (χ3v) is 7.96. The zero-order chi connectivity index (χ0) is 23.9. The van der Waals surface area contributed by atoms with Gasteiger partial charge in [-0.1, -0.05) is 0 Å². The summed E-state index contributed by atoms with van der Waals surface area (Å²) in [7, 11) is 0. The fourth-order valence-corrected chi connectivity index (χ4v) is 6.25. The number of ether oxygens (including phenoxy) is 1. The molecule has 178 valence electrons. The molecule has 1 saturated heterocycles. The van der Waals surface area contributed by atoms with Gasteiger partial charge in [0.15, 0.2) is 0 Å². The Morgan fingerprint density at radius 2 is 1.94 bits per heavy atom. The molecule has 1 N–H and O–H groups in total. The van der Waals surface area contributed by atoms with Gasteiger partial charge in [0.2, 0.25) is 0 Å². The lowest BCUT2D eigenvalue weighted by molar-refractivity contribution is 0.0205. The first kappa shape index (κ1) is 23.9. The molecule has 0 saturated carbocycles. The van der Waals surface area contributed by atoms with Gasteiger partial charge in [0.25, 0.3) is 5.91 Å². The van der Waals surface area contributed by atoms with E-state index in [-0.39, 0.29) is 22.1 Å². The van der Waals surface area contributed by atoms with Crippen LogP contribution in [-0.2, 0) is 4.74 Å². The Kier molecular flexibility index (Phi) is 6.68. The molecule has 3 aliphatic rings. The van der Waals surface area contributed by atoms with Gasteiger partial charge in [0.1, 0.15) is 28.2 Å². The standard InChI is InChI=1S/C23H27F2N3O3S2/c1-12-26-19-15(24)9-14(10-18(19)32-12)27-21(29)20-16(25)11-17(33-20)13-5-7-28(8-6-13)22(30)31-23(2,3)4/h9-11,13,18-19H,5-8H2,1-4H3,(H,27,29). The quantitative estimate of drug-likeness (QED) is 0.611. The summed E-state index contributed by atoms with van der Waals surface area (Å²) >= 11 is 2.56. The molecule has 0 spiro atoms. The number of fused-ring (bicyclic) bond motifs is 1. The fourth-order valence-electron chi connectivity index (χ4n) is 4.05. The highest BCUT2D eigenvalue weighted by Gasteiger charge is 2.34. The Labute approximate surface area is 200 Å². The summed E-state index contributed by atoms with van der Waals surface area (Å²) in [4.78, 5) is 31.6. The lowest BCUT2D eigenvalue weighted by Crippen LogP contribution is -2.41. The minimum atomic E-state index is -0.593. The van der Waals surface area contributed by atoms with Crippen LogP contribution in [0.4, 0.5) is 13.6 Å². The summed E-state index contributed by atoms with van der Waals surface area (Å²) in [6.45, 7) is 8.32. The molecular weight excluding hydrogens is 468 g/mol. The number of rotatable bonds is 3. The first-order chi connectivity index (χ1) is 15.5. The second-order valence-electron chi connectivity index (χ2n) is 9.35. The minimum absolute atomic E-state index is 0.0251. The van der Waals surface area contributed by atoms with Crippen LogP contribution in [0.15, 0.2) is 34.7 Å². The average molecular weight is 496 g/mol. The maximum absolute atomic E-state index is 14.6. The van der Waals surface area contributed by atoms with Crippen LogP contribution in [0, 0.1) is 5.82 Å². The van der Waals surface area contributed by atoms with E-state index in [9.17, 15) is 18.4 Å². The van der Waals surface area contributed by atoms with Gasteiger partial charge in [-0.05, 0) is 64.7 Å². The molecule has 2 aliphatic heterocycles. The van der Waals surface area contributed by atoms with Crippen molar-refractivity contribution in [1.29, 1.82) is 0 Å². The third-order valence-electron chi connectivity index (χ3n) is 5.58. The van der Waals surface area contributed by atoms with Crippen LogP contribution in [0.3, 0.4) is 0 Å². The van der Waals surface area contributed by atoms with Crippen molar-refractivity contribution in [3.8, 4) is 0 Å². The fraction of sp³-hybridized carbons (Fsp3) is 0.522.